The van der Waals surface area contributed by atoms with Crippen molar-refractivity contribution in [2.45, 2.75) is 12.4 Å². The molecule has 1 heterocycles. The molecular weight excluding hydrogens is 344 g/mol. The van der Waals surface area contributed by atoms with Crippen molar-refractivity contribution in [2.75, 3.05) is 31.1 Å². The van der Waals surface area contributed by atoms with E-state index in [1.807, 2.05) is 11.0 Å². The molecule has 0 saturated carbocycles. The molecule has 0 radical (unpaired) electrons. The van der Waals surface area contributed by atoms with Gasteiger partial charge in [0.15, 0.2) is 5.69 Å². The van der Waals surface area contributed by atoms with Crippen LogP contribution in [0.15, 0.2) is 36.4 Å². The van der Waals surface area contributed by atoms with E-state index in [0.29, 0.717) is 36.6 Å². The summed E-state index contributed by atoms with van der Waals surface area (Å²) in [5.41, 5.74) is 2.26. The second kappa shape index (κ2) is 7.81. The van der Waals surface area contributed by atoms with Crippen LogP contribution in [-0.4, -0.2) is 31.1 Å². The normalized spacial score (nSPS) is 15.2. The number of rotatable bonds is 4. The molecule has 3 rings (SSSR count). The van der Waals surface area contributed by atoms with Crippen molar-refractivity contribution < 1.29 is 8.78 Å². The molecule has 6 heteroatoms. The number of alkyl halides is 1. The summed E-state index contributed by atoms with van der Waals surface area (Å²) >= 11 is 5.68. The third kappa shape index (κ3) is 4.09. The average Bonchev–Trinajstić information content (AvgIpc) is 2.62. The molecule has 1 aliphatic heterocycles. The average molecular weight is 362 g/mol. The Balaban J connectivity index is 1.60. The zero-order valence-corrected chi connectivity index (χ0v) is 14.4. The zero-order valence-electron chi connectivity index (χ0n) is 13.7. The van der Waals surface area contributed by atoms with Crippen LogP contribution >= 0.6 is 11.6 Å². The van der Waals surface area contributed by atoms with Gasteiger partial charge in [0.2, 0.25) is 0 Å². The first kappa shape index (κ1) is 17.7. The van der Waals surface area contributed by atoms with Gasteiger partial charge in [-0.2, -0.15) is 0 Å². The molecule has 0 N–H and O–H groups in total. The summed E-state index contributed by atoms with van der Waals surface area (Å²) in [4.78, 5) is 7.44. The molecule has 2 aromatic carbocycles. The first-order valence-corrected chi connectivity index (χ1v) is 8.61. The van der Waals surface area contributed by atoms with E-state index in [2.05, 4.69) is 9.74 Å². The smallest absolute Gasteiger partial charge is 0.190 e. The molecule has 0 aliphatic carbocycles. The monoisotopic (exact) mass is 361 g/mol. The predicted octanol–water partition coefficient (Wildman–Crippen LogP) is 4.58. The Hall–Kier alpha value is -2.16. The lowest BCUT2D eigenvalue weighted by Gasteiger charge is -2.36. The third-order valence-electron chi connectivity index (χ3n) is 4.44. The van der Waals surface area contributed by atoms with Gasteiger partial charge in [0.05, 0.1) is 18.1 Å². The summed E-state index contributed by atoms with van der Waals surface area (Å²) in [5.74, 6) is -0.461. The van der Waals surface area contributed by atoms with Crippen molar-refractivity contribution in [3.63, 3.8) is 0 Å². The van der Waals surface area contributed by atoms with Crippen molar-refractivity contribution in [1.29, 1.82) is 0 Å². The molecule has 1 aliphatic rings. The molecule has 0 unspecified atom stereocenters. The van der Waals surface area contributed by atoms with Gasteiger partial charge >= 0.3 is 0 Å². The van der Waals surface area contributed by atoms with Crippen LogP contribution in [0, 0.1) is 18.2 Å². The van der Waals surface area contributed by atoms with Crippen LogP contribution in [0.4, 0.5) is 20.2 Å². The molecule has 1 fully saturated rings. The van der Waals surface area contributed by atoms with Crippen LogP contribution in [0.3, 0.4) is 0 Å². The molecule has 0 aromatic heterocycles. The third-order valence-corrected chi connectivity index (χ3v) is 4.73. The molecule has 0 bridgehead atoms. The van der Waals surface area contributed by atoms with Crippen LogP contribution in [-0.2, 0) is 12.4 Å². The van der Waals surface area contributed by atoms with Gasteiger partial charge in [-0.3, -0.25) is 4.90 Å². The van der Waals surface area contributed by atoms with Crippen molar-refractivity contribution in [3.05, 3.63) is 70.6 Å². The van der Waals surface area contributed by atoms with Crippen molar-refractivity contribution in [3.8, 4) is 0 Å². The van der Waals surface area contributed by atoms with Gasteiger partial charge in [-0.05, 0) is 23.8 Å². The Labute approximate surface area is 151 Å². The van der Waals surface area contributed by atoms with E-state index in [0.717, 1.165) is 18.7 Å². The number of anilines is 1. The fraction of sp³-hybridized carbons (Fsp3) is 0.316. The van der Waals surface area contributed by atoms with E-state index in [-0.39, 0.29) is 17.5 Å². The maximum absolute atomic E-state index is 14.1. The lowest BCUT2D eigenvalue weighted by Crippen LogP contribution is -2.46. The zero-order chi connectivity index (χ0) is 17.8. The minimum Gasteiger partial charge on any atom is -0.367 e. The second-order valence-corrected chi connectivity index (χ2v) is 6.34. The highest BCUT2D eigenvalue weighted by molar-refractivity contribution is 6.17. The highest BCUT2D eigenvalue weighted by Crippen LogP contribution is 2.25. The highest BCUT2D eigenvalue weighted by atomic mass is 35.5. The molecular formula is C19H18ClF2N3. The van der Waals surface area contributed by atoms with E-state index in [9.17, 15) is 8.78 Å². The van der Waals surface area contributed by atoms with Crippen LogP contribution in [0.5, 0.6) is 0 Å². The molecule has 2 aromatic rings. The lowest BCUT2D eigenvalue weighted by molar-refractivity contribution is 0.249. The van der Waals surface area contributed by atoms with E-state index < -0.39 is 0 Å². The van der Waals surface area contributed by atoms with E-state index >= 15 is 0 Å². The van der Waals surface area contributed by atoms with Crippen LogP contribution < -0.4 is 4.90 Å². The molecule has 0 atom stereocenters. The van der Waals surface area contributed by atoms with Gasteiger partial charge in [0.25, 0.3) is 0 Å². The quantitative estimate of drug-likeness (QED) is 0.583. The maximum atomic E-state index is 14.1. The van der Waals surface area contributed by atoms with Crippen molar-refractivity contribution >= 4 is 23.0 Å². The van der Waals surface area contributed by atoms with Gasteiger partial charge in [0.1, 0.15) is 11.6 Å². The van der Waals surface area contributed by atoms with E-state index in [1.165, 1.54) is 12.1 Å². The van der Waals surface area contributed by atoms with Gasteiger partial charge in [-0.15, -0.1) is 11.6 Å². The van der Waals surface area contributed by atoms with Gasteiger partial charge in [-0.25, -0.2) is 13.6 Å². The Kier molecular flexibility index (Phi) is 5.52. The number of benzene rings is 2. The van der Waals surface area contributed by atoms with Gasteiger partial charge in [0, 0.05) is 38.3 Å². The first-order valence-electron chi connectivity index (χ1n) is 8.08. The van der Waals surface area contributed by atoms with Crippen LogP contribution in [0.25, 0.3) is 4.85 Å². The molecule has 130 valence electrons. The predicted molar refractivity (Wildman–Crippen MR) is 96.1 cm³/mol. The highest BCUT2D eigenvalue weighted by Gasteiger charge is 2.20. The molecule has 1 saturated heterocycles. The SMILES string of the molecule is [C-]#[N+]c1ccc(N2CCN(Cc3ccc(CCl)c(F)c3)CC2)c(F)c1. The number of hydrogen-bond acceptors (Lipinski definition) is 2. The summed E-state index contributed by atoms with van der Waals surface area (Å²) in [6.45, 7) is 10.5. The van der Waals surface area contributed by atoms with Crippen LogP contribution in [0.2, 0.25) is 0 Å². The van der Waals surface area contributed by atoms with Crippen molar-refractivity contribution in [2.24, 2.45) is 0 Å². The van der Waals surface area contributed by atoms with E-state index in [1.54, 1.807) is 18.2 Å². The van der Waals surface area contributed by atoms with Gasteiger partial charge in [-0.1, -0.05) is 18.2 Å². The van der Waals surface area contributed by atoms with Crippen molar-refractivity contribution in [1.82, 2.24) is 4.90 Å². The second-order valence-electron chi connectivity index (χ2n) is 6.07. The summed E-state index contributed by atoms with van der Waals surface area (Å²) < 4.78 is 28.0. The van der Waals surface area contributed by atoms with Crippen LogP contribution in [0.1, 0.15) is 11.1 Å². The molecule has 3 nitrogen and oxygen atoms in total. The largest absolute Gasteiger partial charge is 0.367 e. The fourth-order valence-corrected chi connectivity index (χ4v) is 3.24. The Morgan fingerprint density at radius 1 is 1.00 bits per heavy atom. The first-order chi connectivity index (χ1) is 12.1. The summed E-state index contributed by atoms with van der Waals surface area (Å²) in [7, 11) is 0. The lowest BCUT2D eigenvalue weighted by atomic mass is 10.1. The number of halogens is 3. The summed E-state index contributed by atoms with van der Waals surface area (Å²) in [6, 6.07) is 9.73. The number of hydrogen-bond donors (Lipinski definition) is 0. The maximum Gasteiger partial charge on any atom is 0.190 e. The Morgan fingerprint density at radius 2 is 1.76 bits per heavy atom. The Morgan fingerprint density at radius 3 is 2.36 bits per heavy atom. The van der Waals surface area contributed by atoms with Gasteiger partial charge < -0.3 is 4.90 Å². The molecule has 0 amide bonds. The number of piperazine rings is 1. The minimum atomic E-state index is -0.360. The Bertz CT molecular complexity index is 796. The summed E-state index contributed by atoms with van der Waals surface area (Å²) in [5, 5.41) is 0. The number of nitrogens with zero attached hydrogens (tertiary/aromatic N) is 3. The minimum absolute atomic E-state index is 0.169. The molecule has 25 heavy (non-hydrogen) atoms. The fourth-order valence-electron chi connectivity index (χ4n) is 3.02. The molecule has 0 spiro atoms. The standard InChI is InChI=1S/C19H18ClF2N3/c1-23-16-4-5-19(18(22)11-16)25-8-6-24(7-9-25)13-14-2-3-15(12-20)17(21)10-14/h2-5,10-11H,6-9,12-13H2. The topological polar surface area (TPSA) is 10.8 Å². The summed E-state index contributed by atoms with van der Waals surface area (Å²) in [6.07, 6.45) is 0. The van der Waals surface area contributed by atoms with E-state index in [4.69, 9.17) is 18.2 Å².